The van der Waals surface area contributed by atoms with Gasteiger partial charge in [-0.05, 0) is 211 Å². The van der Waals surface area contributed by atoms with E-state index in [0.717, 1.165) is 28.6 Å². The maximum Gasteiger partial charge on any atom is 0.337 e. The van der Waals surface area contributed by atoms with E-state index in [1.165, 1.54) is 54.5 Å². The minimum Gasteiger partial charge on any atom is -0.497 e. The number of nitrogens with one attached hydrogen (secondary N) is 14. The van der Waals surface area contributed by atoms with Gasteiger partial charge in [0.05, 0.1) is 117 Å². The van der Waals surface area contributed by atoms with Gasteiger partial charge in [0.1, 0.15) is 126 Å². The molecule has 0 radical (unpaired) electrons. The predicted octanol–water partition coefficient (Wildman–Crippen LogP) is 17.4. The molecule has 0 saturated heterocycles. The van der Waals surface area contributed by atoms with Crippen molar-refractivity contribution in [3.63, 3.8) is 0 Å². The Balaban J connectivity index is 0.000000129. The molecule has 15 N–H and O–H groups in total. The van der Waals surface area contributed by atoms with Crippen molar-refractivity contribution in [2.24, 2.45) is 0 Å². The van der Waals surface area contributed by atoms with E-state index in [-0.39, 0.29) is 174 Å². The van der Waals surface area contributed by atoms with Gasteiger partial charge in [0.15, 0.2) is 5.22 Å². The number of benzene rings is 6. The Labute approximate surface area is 863 Å². The van der Waals surface area contributed by atoms with E-state index < -0.39 is 89.6 Å². The number of amides is 5. The smallest absolute Gasteiger partial charge is 0.337 e. The SMILES string of the molecule is CCC(Nc1c(Nc2ccc(Cl)c3c2C(=O)NC3)c(=O)c1=O)c1ccc(Cl)o1.CCC(Nc1c(Nc2ccc(F)c3c2C(=O)NC3)c(=O)c1=O)c1ccc(C)o1.CC[C@@H](Nc1c(Nc2c(F)ccc3c2C(=O)N[C@H]3C)c(=O)c1=O)c1ccc(C)o1.CC[C@@H](Nc1c(Nc2ccc(Cl)c3c2C(=O)N(c2cc(OC)ccc2C(=O)O)C3)c(=O)c1=O)c1ccc(C)o1.Cc1ccc([C@H](C)Nc2c(Nc3cccc4c3C(=O)NC4)c(=O)c2=O)o1. The van der Waals surface area contributed by atoms with E-state index in [1.807, 2.05) is 105 Å². The second kappa shape index (κ2) is 42.5. The summed E-state index contributed by atoms with van der Waals surface area (Å²) in [5.74, 6) is 2.21. The van der Waals surface area contributed by atoms with Crippen molar-refractivity contribution in [1.82, 2.24) is 21.3 Å². The van der Waals surface area contributed by atoms with E-state index in [2.05, 4.69) is 74.4 Å². The number of carbonyl (C=O) groups excluding carboxylic acids is 5. The number of carboxylic acid groups (broad SMARTS) is 1. The van der Waals surface area contributed by atoms with Gasteiger partial charge in [-0.3, -0.25) is 71.9 Å². The number of furan rings is 5. The van der Waals surface area contributed by atoms with Crippen molar-refractivity contribution >= 4 is 161 Å². The first-order chi connectivity index (χ1) is 71.7. The van der Waals surface area contributed by atoms with Crippen molar-refractivity contribution in [2.45, 2.75) is 157 Å². The fourth-order valence-corrected chi connectivity index (χ4v) is 18.7. The number of ether oxygens (including phenoxy) is 1. The number of aromatic carboxylic acids is 1. The molecule has 0 bridgehead atoms. The van der Waals surface area contributed by atoms with Crippen LogP contribution in [0.25, 0.3) is 0 Å². The van der Waals surface area contributed by atoms with Crippen molar-refractivity contribution in [3.8, 4) is 5.75 Å². The fourth-order valence-electron chi connectivity index (χ4n) is 18.1. The van der Waals surface area contributed by atoms with Crippen LogP contribution in [0, 0.1) is 39.3 Å². The predicted molar refractivity (Wildman–Crippen MR) is 561 cm³/mol. The molecule has 150 heavy (non-hydrogen) atoms. The first-order valence-electron chi connectivity index (χ1n) is 47.3. The van der Waals surface area contributed by atoms with Crippen LogP contribution in [0.5, 0.6) is 5.75 Å². The molecule has 5 aromatic heterocycles. The third-order valence-electron chi connectivity index (χ3n) is 26.2. The quantitative estimate of drug-likeness (QED) is 0.0174. The lowest BCUT2D eigenvalue weighted by atomic mass is 10.0. The number of hydrogen-bond donors (Lipinski definition) is 15. The van der Waals surface area contributed by atoms with Crippen LogP contribution < -0.4 is 138 Å². The standard InChI is InChI=1S/C28H24ClN3O7.C21H20FN3O4.C20H18FN3O4.C19H15Cl2N3O4.C19H17N3O4/c1-4-18(21-10-5-13(2)39-21)30-23-24(26(34)25(23)33)31-19-9-8-17(29)16-12-32(27(35)22(16)19)20-11-14(38-3)6-7-15(20)28(36)37;1-4-13(14-8-5-9(2)29-14)24-17-18(20(27)19(17)26)25-16-12(22)7-6-11-10(3)23-21(28)15(11)16;1-3-12(14-7-4-9(2)28-14)23-16-17(19(26)18(16)25)24-13-6-5-11(21)10-8-22-20(27)15(10)13;1-2-10(12-5-6-13(21)28-12)23-15-16(18(26)17(15)25)24-11-4-3-9(20)8-7-22-19(27)14(8)11;1-9-6-7-13(26-9)10(2)21-15-16(18(24)17(15)23)22-12-5-3-4-11-8-20-19(25)14(11)12/h5-11,18,30-31H,4,12H2,1-3H3,(H,36,37);5-8,10,13,24-25H,4H2,1-3H3,(H,23,28);4-7,12,23-24H,3,8H2,1-2H3,(H,22,27);3-6,10,23-24H,2,7H2,1H3,(H,22,27);3-7,10,21-22H,8H2,1-2H3,(H,20,25)/t18-;10-,13+;;;10-/m10..0/s1. The van der Waals surface area contributed by atoms with Crippen LogP contribution in [-0.4, -0.2) is 47.7 Å². The summed E-state index contributed by atoms with van der Waals surface area (Å²) in [5, 5.41) is 51.0. The zero-order chi connectivity index (χ0) is 107. The molecule has 6 atom stereocenters. The van der Waals surface area contributed by atoms with Crippen LogP contribution >= 0.6 is 34.8 Å². The molecule has 43 heteroatoms. The van der Waals surface area contributed by atoms with Crippen LogP contribution in [0.3, 0.4) is 0 Å². The second-order valence-electron chi connectivity index (χ2n) is 35.8. The molecule has 5 amide bonds. The summed E-state index contributed by atoms with van der Waals surface area (Å²) in [4.78, 5) is 197. The third-order valence-corrected chi connectivity index (χ3v) is 27.1. The van der Waals surface area contributed by atoms with Crippen LogP contribution in [0.2, 0.25) is 15.3 Å². The number of aryl methyl sites for hydroxylation is 4. The highest BCUT2D eigenvalue weighted by Crippen LogP contribution is 2.45. The Morgan fingerprint density at radius 2 is 0.793 bits per heavy atom. The Bertz CT molecular complexity index is 8380. The third kappa shape index (κ3) is 19.9. The Kier molecular flexibility index (Phi) is 29.4. The Morgan fingerprint density at radius 1 is 0.407 bits per heavy atom. The van der Waals surface area contributed by atoms with Gasteiger partial charge in [-0.2, -0.15) is 0 Å². The van der Waals surface area contributed by atoms with E-state index in [9.17, 15) is 90.6 Å². The maximum atomic E-state index is 14.5. The van der Waals surface area contributed by atoms with Gasteiger partial charge in [0.2, 0.25) is 0 Å². The van der Waals surface area contributed by atoms with Crippen molar-refractivity contribution in [3.05, 3.63) is 388 Å². The summed E-state index contributed by atoms with van der Waals surface area (Å²) in [6.07, 6.45) is 2.40. The Hall–Kier alpha value is -17.5. The van der Waals surface area contributed by atoms with Crippen LogP contribution in [0.4, 0.5) is 99.8 Å². The van der Waals surface area contributed by atoms with Gasteiger partial charge < -0.3 is 111 Å². The molecule has 0 aliphatic carbocycles. The highest BCUT2D eigenvalue weighted by atomic mass is 35.5. The van der Waals surface area contributed by atoms with Gasteiger partial charge in [-0.1, -0.05) is 69.1 Å². The average molecular weight is 2100 g/mol. The number of fused-ring (bicyclic) bond motifs is 5. The number of nitrogens with zero attached hydrogens (tertiary/aromatic N) is 1. The first kappa shape index (κ1) is 104. The molecule has 11 aromatic carbocycles. The number of hydrogen-bond acceptors (Lipinski definition) is 32. The second-order valence-corrected chi connectivity index (χ2v) is 37.0. The average Bonchev–Trinajstić information content (AvgIpc) is 1.57. The summed E-state index contributed by atoms with van der Waals surface area (Å²) in [7, 11) is 1.44. The number of methoxy groups -OCH3 is 1. The first-order valence-corrected chi connectivity index (χ1v) is 48.5. The molecule has 770 valence electrons. The molecular weight excluding hydrogens is 2010 g/mol. The summed E-state index contributed by atoms with van der Waals surface area (Å²) in [6, 6.07) is 37.4. The van der Waals surface area contributed by atoms with Gasteiger partial charge in [-0.25, -0.2) is 13.6 Å². The zero-order valence-electron chi connectivity index (χ0n) is 81.7. The van der Waals surface area contributed by atoms with E-state index >= 15 is 0 Å². The molecule has 5 aliphatic rings. The highest BCUT2D eigenvalue weighted by molar-refractivity contribution is 6.33. The summed E-state index contributed by atoms with van der Waals surface area (Å²) >= 11 is 18.4. The minimum atomic E-state index is -1.21. The molecule has 16 aromatic rings. The molecule has 0 saturated carbocycles. The molecule has 0 spiro atoms. The molecule has 10 heterocycles. The van der Waals surface area contributed by atoms with E-state index in [1.54, 1.807) is 67.6 Å². The summed E-state index contributed by atoms with van der Waals surface area (Å²) in [5.41, 5.74) is -0.197. The molecule has 2 unspecified atom stereocenters. The number of carbonyl (C=O) groups is 6. The van der Waals surface area contributed by atoms with Crippen LogP contribution in [0.15, 0.2) is 216 Å². The van der Waals surface area contributed by atoms with Crippen molar-refractivity contribution in [2.75, 3.05) is 65.2 Å². The van der Waals surface area contributed by atoms with Crippen molar-refractivity contribution in [1.29, 1.82) is 0 Å². The number of halogens is 5. The van der Waals surface area contributed by atoms with Gasteiger partial charge in [0, 0.05) is 52.4 Å². The topological polar surface area (TPSA) is 540 Å². The van der Waals surface area contributed by atoms with Crippen molar-refractivity contribution < 1.29 is 69.5 Å². The van der Waals surface area contributed by atoms with Gasteiger partial charge >= 0.3 is 5.97 Å². The van der Waals surface area contributed by atoms with E-state index in [4.69, 9.17) is 61.6 Å². The largest absolute Gasteiger partial charge is 0.497 e. The lowest BCUT2D eigenvalue weighted by Gasteiger charge is -2.21. The van der Waals surface area contributed by atoms with Gasteiger partial charge in [0.25, 0.3) is 83.8 Å². The molecule has 38 nitrogen and oxygen atoms in total. The summed E-state index contributed by atoms with van der Waals surface area (Å²) < 4.78 is 61.5. The van der Waals surface area contributed by atoms with Crippen LogP contribution in [-0.2, 0) is 26.2 Å². The molecule has 0 fully saturated rings. The monoisotopic (exact) mass is 2100 g/mol. The van der Waals surface area contributed by atoms with Crippen LogP contribution in [0.1, 0.15) is 245 Å². The highest BCUT2D eigenvalue weighted by Gasteiger charge is 2.41. The summed E-state index contributed by atoms with van der Waals surface area (Å²) in [6.45, 7) is 19.4. The lowest BCUT2D eigenvalue weighted by Crippen LogP contribution is -2.37. The number of rotatable bonds is 32. The molecule has 21 rings (SSSR count). The number of carboxylic acids is 1. The fraction of sp³-hybridized carbons (Fsp3) is 0.234. The lowest BCUT2D eigenvalue weighted by molar-refractivity contribution is 0.0696. The van der Waals surface area contributed by atoms with Gasteiger partial charge in [-0.15, -0.1) is 0 Å². The normalized spacial score (nSPS) is 14.4. The Morgan fingerprint density at radius 3 is 1.23 bits per heavy atom. The molecule has 5 aliphatic heterocycles. The molecular formula is C107H94Cl3F2N15O23. The minimum absolute atomic E-state index is 0.00273. The van der Waals surface area contributed by atoms with E-state index in [0.29, 0.717) is 123 Å². The zero-order valence-corrected chi connectivity index (χ0v) is 84.0. The number of anilines is 16. The maximum absolute atomic E-state index is 14.5.